The van der Waals surface area contributed by atoms with E-state index < -0.39 is 0 Å². The van der Waals surface area contributed by atoms with Crippen LogP contribution in [0.5, 0.6) is 0 Å². The van der Waals surface area contributed by atoms with Crippen molar-refractivity contribution in [2.75, 3.05) is 19.6 Å². The van der Waals surface area contributed by atoms with E-state index in [9.17, 15) is 0 Å². The molecule has 1 saturated heterocycles. The molecule has 0 amide bonds. The molecule has 0 aromatic carbocycles. The molecule has 1 rings (SSSR count). The smallest absolute Gasteiger partial charge is 0.0972 e. The lowest BCUT2D eigenvalue weighted by Gasteiger charge is -2.07. The SMILES string of the molecule is C/C(Cl)=C/C[NH+]1CCCC1. The van der Waals surface area contributed by atoms with Gasteiger partial charge in [0.1, 0.15) is 0 Å². The van der Waals surface area contributed by atoms with E-state index in [-0.39, 0.29) is 0 Å². The number of allylic oxidation sites excluding steroid dienone is 1. The third-order valence-corrected chi connectivity index (χ3v) is 2.14. The number of likely N-dealkylation sites (tertiary alicyclic amines) is 1. The van der Waals surface area contributed by atoms with Crippen molar-refractivity contribution in [1.82, 2.24) is 0 Å². The highest BCUT2D eigenvalue weighted by Crippen LogP contribution is 1.95. The highest BCUT2D eigenvalue weighted by atomic mass is 35.5. The first-order chi connectivity index (χ1) is 4.79. The average Bonchev–Trinajstić information content (AvgIpc) is 2.34. The molecule has 1 heterocycles. The minimum Gasteiger partial charge on any atom is -0.332 e. The minimum atomic E-state index is 0.930. The van der Waals surface area contributed by atoms with Gasteiger partial charge in [-0.1, -0.05) is 11.6 Å². The number of nitrogens with one attached hydrogen (secondary N) is 1. The number of halogens is 1. The zero-order valence-electron chi connectivity index (χ0n) is 6.49. The number of quaternary nitrogens is 1. The standard InChI is InChI=1S/C8H14ClN/c1-8(9)4-7-10-5-2-3-6-10/h4H,2-3,5-7H2,1H3/p+1/b8-4-. The maximum Gasteiger partial charge on any atom is 0.0972 e. The summed E-state index contributed by atoms with van der Waals surface area (Å²) in [6.07, 6.45) is 4.90. The van der Waals surface area contributed by atoms with Crippen molar-refractivity contribution in [2.24, 2.45) is 0 Å². The second-order valence-corrected chi connectivity index (χ2v) is 3.55. The maximum atomic E-state index is 5.70. The van der Waals surface area contributed by atoms with E-state index in [1.54, 1.807) is 4.90 Å². The van der Waals surface area contributed by atoms with Gasteiger partial charge in [-0.15, -0.1) is 0 Å². The number of hydrogen-bond donors (Lipinski definition) is 1. The predicted molar refractivity (Wildman–Crippen MR) is 44.4 cm³/mol. The molecule has 0 unspecified atom stereocenters. The van der Waals surface area contributed by atoms with Gasteiger partial charge in [0.2, 0.25) is 0 Å². The van der Waals surface area contributed by atoms with Gasteiger partial charge in [0.15, 0.2) is 0 Å². The van der Waals surface area contributed by atoms with Crippen LogP contribution in [0.25, 0.3) is 0 Å². The molecule has 0 aromatic heterocycles. The Kier molecular flexibility index (Phi) is 3.23. The van der Waals surface area contributed by atoms with Gasteiger partial charge < -0.3 is 4.90 Å². The van der Waals surface area contributed by atoms with Crippen molar-refractivity contribution in [3.05, 3.63) is 11.1 Å². The summed E-state index contributed by atoms with van der Waals surface area (Å²) in [7, 11) is 0. The van der Waals surface area contributed by atoms with Gasteiger partial charge in [-0.25, -0.2) is 0 Å². The summed E-state index contributed by atoms with van der Waals surface area (Å²) in [5.41, 5.74) is 0. The lowest BCUT2D eigenvalue weighted by molar-refractivity contribution is -0.881. The Morgan fingerprint density at radius 2 is 2.10 bits per heavy atom. The molecule has 1 nitrogen and oxygen atoms in total. The first-order valence-corrected chi connectivity index (χ1v) is 4.32. The first kappa shape index (κ1) is 8.09. The molecular formula is C8H15ClN+. The van der Waals surface area contributed by atoms with E-state index in [1.165, 1.54) is 25.9 Å². The van der Waals surface area contributed by atoms with Gasteiger partial charge in [-0.3, -0.25) is 0 Å². The van der Waals surface area contributed by atoms with E-state index in [2.05, 4.69) is 6.08 Å². The molecule has 0 aliphatic carbocycles. The molecule has 2 heteroatoms. The van der Waals surface area contributed by atoms with Crippen LogP contribution in [-0.4, -0.2) is 19.6 Å². The fraction of sp³-hybridized carbons (Fsp3) is 0.750. The highest BCUT2D eigenvalue weighted by Gasteiger charge is 2.12. The van der Waals surface area contributed by atoms with Crippen LogP contribution in [-0.2, 0) is 0 Å². The van der Waals surface area contributed by atoms with Gasteiger partial charge in [0.05, 0.1) is 19.6 Å². The van der Waals surface area contributed by atoms with Crippen LogP contribution >= 0.6 is 11.6 Å². The molecule has 0 radical (unpaired) electrons. The third kappa shape index (κ3) is 2.72. The molecule has 10 heavy (non-hydrogen) atoms. The van der Waals surface area contributed by atoms with Crippen molar-refractivity contribution < 1.29 is 4.90 Å². The van der Waals surface area contributed by atoms with Crippen LogP contribution < -0.4 is 4.90 Å². The normalized spacial score (nSPS) is 22.0. The summed E-state index contributed by atoms with van der Waals surface area (Å²) >= 11 is 5.70. The van der Waals surface area contributed by atoms with E-state index in [4.69, 9.17) is 11.6 Å². The Bertz CT molecular complexity index is 121. The van der Waals surface area contributed by atoms with E-state index in [1.807, 2.05) is 6.92 Å². The van der Waals surface area contributed by atoms with E-state index in [0.29, 0.717) is 0 Å². The molecule has 1 aliphatic rings. The minimum absolute atomic E-state index is 0.930. The monoisotopic (exact) mass is 160 g/mol. The van der Waals surface area contributed by atoms with E-state index in [0.717, 1.165) is 11.6 Å². The molecule has 0 bridgehead atoms. The summed E-state index contributed by atoms with van der Waals surface area (Å²) in [6.45, 7) is 5.73. The second kappa shape index (κ2) is 3.99. The summed E-state index contributed by atoms with van der Waals surface area (Å²) in [5, 5.41) is 0.930. The quantitative estimate of drug-likeness (QED) is 0.610. The number of rotatable bonds is 2. The van der Waals surface area contributed by atoms with Gasteiger partial charge in [0, 0.05) is 17.9 Å². The fourth-order valence-electron chi connectivity index (χ4n) is 1.36. The first-order valence-electron chi connectivity index (χ1n) is 3.95. The largest absolute Gasteiger partial charge is 0.332 e. The van der Waals surface area contributed by atoms with Crippen LogP contribution in [0.2, 0.25) is 0 Å². The second-order valence-electron chi connectivity index (χ2n) is 2.95. The molecule has 0 atom stereocenters. The van der Waals surface area contributed by atoms with Crippen LogP contribution in [0.1, 0.15) is 19.8 Å². The Morgan fingerprint density at radius 3 is 2.60 bits per heavy atom. The Morgan fingerprint density at radius 1 is 1.50 bits per heavy atom. The molecule has 0 saturated carbocycles. The summed E-state index contributed by atoms with van der Waals surface area (Å²) in [5.74, 6) is 0. The molecule has 0 spiro atoms. The molecule has 1 aliphatic heterocycles. The summed E-state index contributed by atoms with van der Waals surface area (Å²) in [6, 6.07) is 0. The van der Waals surface area contributed by atoms with Gasteiger partial charge in [0.25, 0.3) is 0 Å². The van der Waals surface area contributed by atoms with Gasteiger partial charge in [-0.05, 0) is 13.0 Å². The van der Waals surface area contributed by atoms with Crippen molar-refractivity contribution in [3.8, 4) is 0 Å². The zero-order chi connectivity index (χ0) is 7.40. The van der Waals surface area contributed by atoms with Gasteiger partial charge >= 0.3 is 0 Å². The third-order valence-electron chi connectivity index (χ3n) is 1.98. The van der Waals surface area contributed by atoms with Crippen molar-refractivity contribution >= 4 is 11.6 Å². The predicted octanol–water partition coefficient (Wildman–Crippen LogP) is 0.808. The van der Waals surface area contributed by atoms with Crippen LogP contribution in [0.4, 0.5) is 0 Å². The summed E-state index contributed by atoms with van der Waals surface area (Å²) < 4.78 is 0. The Hall–Kier alpha value is -0.0100. The van der Waals surface area contributed by atoms with E-state index >= 15 is 0 Å². The molecule has 58 valence electrons. The van der Waals surface area contributed by atoms with Crippen molar-refractivity contribution in [2.45, 2.75) is 19.8 Å². The highest BCUT2D eigenvalue weighted by molar-refractivity contribution is 6.29. The Balaban J connectivity index is 2.18. The molecular weight excluding hydrogens is 146 g/mol. The number of hydrogen-bond acceptors (Lipinski definition) is 0. The van der Waals surface area contributed by atoms with Crippen LogP contribution in [0.15, 0.2) is 11.1 Å². The van der Waals surface area contributed by atoms with Crippen LogP contribution in [0.3, 0.4) is 0 Å². The summed E-state index contributed by atoms with van der Waals surface area (Å²) in [4.78, 5) is 1.68. The maximum absolute atomic E-state index is 5.70. The van der Waals surface area contributed by atoms with Gasteiger partial charge in [-0.2, -0.15) is 0 Å². The van der Waals surface area contributed by atoms with Crippen molar-refractivity contribution in [3.63, 3.8) is 0 Å². The van der Waals surface area contributed by atoms with Crippen LogP contribution in [0, 0.1) is 0 Å². The topological polar surface area (TPSA) is 4.44 Å². The lowest BCUT2D eigenvalue weighted by atomic mass is 10.4. The fourth-order valence-corrected chi connectivity index (χ4v) is 1.44. The average molecular weight is 161 g/mol. The molecule has 1 fully saturated rings. The lowest BCUT2D eigenvalue weighted by Crippen LogP contribution is -3.09. The molecule has 0 aromatic rings. The molecule has 1 N–H and O–H groups in total. The van der Waals surface area contributed by atoms with Crippen molar-refractivity contribution in [1.29, 1.82) is 0 Å². The Labute approximate surface area is 67.7 Å². The zero-order valence-corrected chi connectivity index (χ0v) is 7.25.